The number of aromatic nitrogens is 2. The maximum absolute atomic E-state index is 12.1. The number of aromatic amines is 2. The highest BCUT2D eigenvalue weighted by atomic mass is 32.1. The topological polar surface area (TPSA) is 48.6 Å². The van der Waals surface area contributed by atoms with Gasteiger partial charge < -0.3 is 4.98 Å². The van der Waals surface area contributed by atoms with E-state index in [2.05, 4.69) is 23.8 Å². The summed E-state index contributed by atoms with van der Waals surface area (Å²) in [6.07, 6.45) is 18.9. The smallest absolute Gasteiger partial charge is 0.255 e. The molecule has 3 nitrogen and oxygen atoms in total. The van der Waals surface area contributed by atoms with Gasteiger partial charge in [0.1, 0.15) is 0 Å². The van der Waals surface area contributed by atoms with E-state index in [1.807, 2.05) is 0 Å². The molecule has 0 saturated carbocycles. The van der Waals surface area contributed by atoms with Gasteiger partial charge in [-0.3, -0.25) is 9.78 Å². The zero-order valence-corrected chi connectivity index (χ0v) is 17.2. The summed E-state index contributed by atoms with van der Waals surface area (Å²) in [5.41, 5.74) is 1.97. The van der Waals surface area contributed by atoms with Gasteiger partial charge in [-0.25, -0.2) is 0 Å². The summed E-state index contributed by atoms with van der Waals surface area (Å²) < 4.78 is 0.451. The molecule has 1 aromatic heterocycles. The molecule has 0 spiro atoms. The molecular weight excluding hydrogens is 328 g/mol. The Hall–Kier alpha value is -0.900. The molecule has 0 aromatic carbocycles. The van der Waals surface area contributed by atoms with E-state index in [9.17, 15) is 4.79 Å². The Bertz CT molecular complexity index is 562. The molecule has 0 amide bonds. The van der Waals surface area contributed by atoms with Crippen LogP contribution >= 0.6 is 12.2 Å². The Kier molecular flexibility index (Phi) is 12.7. The lowest BCUT2D eigenvalue weighted by molar-refractivity contribution is 0.543. The van der Waals surface area contributed by atoms with Crippen molar-refractivity contribution in [2.24, 2.45) is 0 Å². The van der Waals surface area contributed by atoms with E-state index in [1.54, 1.807) is 0 Å². The third-order valence-corrected chi connectivity index (χ3v) is 5.11. The van der Waals surface area contributed by atoms with Crippen molar-refractivity contribution in [2.75, 3.05) is 0 Å². The van der Waals surface area contributed by atoms with E-state index in [0.717, 1.165) is 36.9 Å². The molecule has 1 heterocycles. The van der Waals surface area contributed by atoms with Crippen molar-refractivity contribution in [1.82, 2.24) is 9.97 Å². The molecule has 0 aliphatic carbocycles. The zero-order valence-electron chi connectivity index (χ0n) is 16.4. The van der Waals surface area contributed by atoms with Gasteiger partial charge >= 0.3 is 0 Å². The number of hydrogen-bond donors (Lipinski definition) is 2. The van der Waals surface area contributed by atoms with Gasteiger partial charge in [-0.15, -0.1) is 0 Å². The van der Waals surface area contributed by atoms with Gasteiger partial charge in [-0.2, -0.15) is 0 Å². The summed E-state index contributed by atoms with van der Waals surface area (Å²) in [6.45, 7) is 4.40. The first-order chi connectivity index (χ1) is 12.2. The Morgan fingerprint density at radius 3 is 1.72 bits per heavy atom. The van der Waals surface area contributed by atoms with Crippen LogP contribution in [0.1, 0.15) is 109 Å². The van der Waals surface area contributed by atoms with E-state index in [4.69, 9.17) is 12.2 Å². The summed E-state index contributed by atoms with van der Waals surface area (Å²) in [4.78, 5) is 18.0. The van der Waals surface area contributed by atoms with Crippen molar-refractivity contribution in [1.29, 1.82) is 0 Å². The van der Waals surface area contributed by atoms with Gasteiger partial charge in [-0.1, -0.05) is 90.9 Å². The van der Waals surface area contributed by atoms with Gasteiger partial charge in [-0.05, 0) is 31.5 Å². The summed E-state index contributed by atoms with van der Waals surface area (Å²) in [5.74, 6) is 0. The molecule has 0 bridgehead atoms. The molecule has 2 N–H and O–H groups in total. The Labute approximate surface area is 159 Å². The molecule has 0 aliphatic rings. The second kappa shape index (κ2) is 14.3. The third-order valence-electron chi connectivity index (χ3n) is 4.91. The largest absolute Gasteiger partial charge is 0.336 e. The summed E-state index contributed by atoms with van der Waals surface area (Å²) in [5, 5.41) is 0. The predicted octanol–water partition coefficient (Wildman–Crippen LogP) is 6.63. The molecule has 25 heavy (non-hydrogen) atoms. The highest BCUT2D eigenvalue weighted by Crippen LogP contribution is 2.13. The van der Waals surface area contributed by atoms with Crippen LogP contribution in [0, 0.1) is 4.77 Å². The number of aryl methyl sites for hydroxylation is 1. The lowest BCUT2D eigenvalue weighted by Gasteiger charge is -2.08. The predicted molar refractivity (Wildman–Crippen MR) is 111 cm³/mol. The molecule has 0 fully saturated rings. The Morgan fingerprint density at radius 2 is 1.20 bits per heavy atom. The molecule has 1 aromatic rings. The van der Waals surface area contributed by atoms with Crippen LogP contribution in [0.5, 0.6) is 0 Å². The highest BCUT2D eigenvalue weighted by molar-refractivity contribution is 7.71. The van der Waals surface area contributed by atoms with Crippen LogP contribution in [0.2, 0.25) is 0 Å². The van der Waals surface area contributed by atoms with Crippen LogP contribution in [0.15, 0.2) is 4.79 Å². The minimum absolute atomic E-state index is 0.00951. The first kappa shape index (κ1) is 22.1. The second-order valence-corrected chi connectivity index (χ2v) is 7.66. The first-order valence-corrected chi connectivity index (χ1v) is 10.9. The van der Waals surface area contributed by atoms with E-state index in [1.165, 1.54) is 70.6 Å². The quantitative estimate of drug-likeness (QED) is 0.270. The molecule has 4 heteroatoms. The fourth-order valence-electron chi connectivity index (χ4n) is 3.43. The Balaban J connectivity index is 2.12. The van der Waals surface area contributed by atoms with Crippen LogP contribution in [0.4, 0.5) is 0 Å². The molecule has 0 saturated heterocycles. The average molecular weight is 367 g/mol. The van der Waals surface area contributed by atoms with Gasteiger partial charge in [0.15, 0.2) is 4.77 Å². The van der Waals surface area contributed by atoms with E-state index < -0.39 is 0 Å². The van der Waals surface area contributed by atoms with Gasteiger partial charge in [0.25, 0.3) is 5.56 Å². The van der Waals surface area contributed by atoms with Crippen LogP contribution in [-0.2, 0) is 12.8 Å². The number of hydrogen-bond acceptors (Lipinski definition) is 2. The second-order valence-electron chi connectivity index (χ2n) is 7.25. The summed E-state index contributed by atoms with van der Waals surface area (Å²) >= 11 is 5.08. The molecule has 0 aliphatic heterocycles. The van der Waals surface area contributed by atoms with Gasteiger partial charge in [0, 0.05) is 11.3 Å². The molecular formula is C21H38N2OS. The molecule has 144 valence electrons. The maximum Gasteiger partial charge on any atom is 0.255 e. The lowest BCUT2D eigenvalue weighted by Crippen LogP contribution is -2.18. The van der Waals surface area contributed by atoms with Crippen molar-refractivity contribution in [2.45, 2.75) is 110 Å². The fourth-order valence-corrected chi connectivity index (χ4v) is 3.65. The number of rotatable bonds is 15. The summed E-state index contributed by atoms with van der Waals surface area (Å²) in [7, 11) is 0. The van der Waals surface area contributed by atoms with Gasteiger partial charge in [0.05, 0.1) is 0 Å². The zero-order chi connectivity index (χ0) is 18.3. The SMILES string of the molecule is CCCCCCCCCCCCCCc1c(CCC)[nH]c(=S)[nH]c1=O. The summed E-state index contributed by atoms with van der Waals surface area (Å²) in [6, 6.07) is 0. The van der Waals surface area contributed by atoms with E-state index in [0.29, 0.717) is 4.77 Å². The van der Waals surface area contributed by atoms with Crippen LogP contribution in [0.3, 0.4) is 0 Å². The fraction of sp³-hybridized carbons (Fsp3) is 0.810. The first-order valence-electron chi connectivity index (χ1n) is 10.5. The van der Waals surface area contributed by atoms with Crippen molar-refractivity contribution in [3.63, 3.8) is 0 Å². The normalized spacial score (nSPS) is 11.1. The average Bonchev–Trinajstić information content (AvgIpc) is 2.58. The van der Waals surface area contributed by atoms with Crippen molar-refractivity contribution >= 4 is 12.2 Å². The number of unbranched alkanes of at least 4 members (excludes halogenated alkanes) is 11. The highest BCUT2D eigenvalue weighted by Gasteiger charge is 2.07. The molecule has 0 atom stereocenters. The van der Waals surface area contributed by atoms with Gasteiger partial charge in [0.2, 0.25) is 0 Å². The van der Waals surface area contributed by atoms with Crippen molar-refractivity contribution in [3.8, 4) is 0 Å². The Morgan fingerprint density at radius 1 is 0.680 bits per heavy atom. The standard InChI is InChI=1S/C21H38N2OS/c1-3-5-6-7-8-9-10-11-12-13-14-15-17-18-19(16-4-2)22-21(25)23-20(18)24/h3-17H2,1-2H3,(H2,22,23,24,25). The van der Waals surface area contributed by atoms with Crippen molar-refractivity contribution in [3.05, 3.63) is 26.4 Å². The minimum atomic E-state index is 0.00951. The molecule has 0 unspecified atom stereocenters. The number of H-pyrrole nitrogens is 2. The lowest BCUT2D eigenvalue weighted by atomic mass is 10.0. The monoisotopic (exact) mass is 366 g/mol. The number of nitrogens with one attached hydrogen (secondary N) is 2. The van der Waals surface area contributed by atoms with E-state index >= 15 is 0 Å². The van der Waals surface area contributed by atoms with Crippen LogP contribution in [0.25, 0.3) is 0 Å². The van der Waals surface area contributed by atoms with Crippen LogP contribution < -0.4 is 5.56 Å². The van der Waals surface area contributed by atoms with Crippen LogP contribution in [-0.4, -0.2) is 9.97 Å². The van der Waals surface area contributed by atoms with E-state index in [-0.39, 0.29) is 5.56 Å². The third kappa shape index (κ3) is 9.98. The molecule has 0 radical (unpaired) electrons. The minimum Gasteiger partial charge on any atom is -0.336 e. The molecule has 1 rings (SSSR count). The maximum atomic E-state index is 12.1. The van der Waals surface area contributed by atoms with Crippen molar-refractivity contribution < 1.29 is 0 Å².